The lowest BCUT2D eigenvalue weighted by atomic mass is 9.96. The van der Waals surface area contributed by atoms with Gasteiger partial charge in [0.25, 0.3) is 0 Å². The molecule has 0 radical (unpaired) electrons. The Hall–Kier alpha value is -2.29. The minimum atomic E-state index is -0.212. The monoisotopic (exact) mass is 324 g/mol. The highest BCUT2D eigenvalue weighted by atomic mass is 16.5. The van der Waals surface area contributed by atoms with Gasteiger partial charge in [0.2, 0.25) is 0 Å². The van der Waals surface area contributed by atoms with Gasteiger partial charge in [0.15, 0.2) is 0 Å². The van der Waals surface area contributed by atoms with Crippen LogP contribution in [0.5, 0.6) is 5.75 Å². The Morgan fingerprint density at radius 1 is 1.17 bits per heavy atom. The molecule has 0 heterocycles. The van der Waals surface area contributed by atoms with Crippen LogP contribution in [0.4, 0.5) is 0 Å². The van der Waals surface area contributed by atoms with Gasteiger partial charge in [-0.3, -0.25) is 4.79 Å². The Kier molecular flexibility index (Phi) is 4.89. The molecule has 24 heavy (non-hydrogen) atoms. The van der Waals surface area contributed by atoms with E-state index in [9.17, 15) is 4.79 Å². The summed E-state index contributed by atoms with van der Waals surface area (Å²) in [6.45, 7) is 4.63. The van der Waals surface area contributed by atoms with Crippen molar-refractivity contribution in [1.82, 2.24) is 0 Å². The van der Waals surface area contributed by atoms with Gasteiger partial charge in [0.05, 0.1) is 13.5 Å². The second-order valence-electron chi connectivity index (χ2n) is 6.57. The molecule has 0 unspecified atom stereocenters. The largest absolute Gasteiger partial charge is 0.489 e. The van der Waals surface area contributed by atoms with Crippen LogP contribution >= 0.6 is 0 Å². The topological polar surface area (TPSA) is 35.5 Å². The molecule has 1 aliphatic rings. The third-order valence-electron chi connectivity index (χ3n) is 4.59. The van der Waals surface area contributed by atoms with Crippen molar-refractivity contribution < 1.29 is 14.3 Å². The van der Waals surface area contributed by atoms with E-state index in [0.29, 0.717) is 18.9 Å². The zero-order valence-corrected chi connectivity index (χ0v) is 14.6. The maximum Gasteiger partial charge on any atom is 0.309 e. The van der Waals surface area contributed by atoms with Crippen LogP contribution < -0.4 is 4.74 Å². The summed E-state index contributed by atoms with van der Waals surface area (Å²) in [4.78, 5) is 11.7. The van der Waals surface area contributed by atoms with E-state index in [1.807, 2.05) is 18.2 Å². The Balaban J connectivity index is 1.85. The Morgan fingerprint density at radius 2 is 1.96 bits per heavy atom. The number of rotatable bonds is 6. The normalized spacial score (nSPS) is 13.6. The lowest BCUT2D eigenvalue weighted by Crippen LogP contribution is -2.10. The smallest absolute Gasteiger partial charge is 0.309 e. The first-order chi connectivity index (χ1) is 11.6. The number of carbonyl (C=O) groups is 1. The third-order valence-corrected chi connectivity index (χ3v) is 4.59. The lowest BCUT2D eigenvalue weighted by molar-refractivity contribution is -0.139. The van der Waals surface area contributed by atoms with Crippen molar-refractivity contribution in [3.05, 3.63) is 64.2 Å². The molecule has 0 saturated heterocycles. The van der Waals surface area contributed by atoms with Gasteiger partial charge in [-0.2, -0.15) is 0 Å². The van der Waals surface area contributed by atoms with E-state index < -0.39 is 0 Å². The summed E-state index contributed by atoms with van der Waals surface area (Å²) in [7, 11) is 1.43. The van der Waals surface area contributed by atoms with Crippen LogP contribution in [-0.2, 0) is 22.6 Å². The van der Waals surface area contributed by atoms with Crippen LogP contribution in [0.15, 0.2) is 36.4 Å². The fraction of sp³-hybridized carbons (Fsp3) is 0.381. The molecule has 1 fully saturated rings. The van der Waals surface area contributed by atoms with Crippen LogP contribution in [0, 0.1) is 13.8 Å². The summed E-state index contributed by atoms with van der Waals surface area (Å²) in [6, 6.07) is 12.4. The lowest BCUT2D eigenvalue weighted by Gasteiger charge is -2.16. The van der Waals surface area contributed by atoms with Crippen LogP contribution in [0.1, 0.15) is 46.6 Å². The molecule has 3 nitrogen and oxygen atoms in total. The molecule has 126 valence electrons. The Morgan fingerprint density at radius 3 is 2.62 bits per heavy atom. The zero-order chi connectivity index (χ0) is 17.1. The number of benzene rings is 2. The molecular formula is C21H24O3. The molecule has 3 heteroatoms. The van der Waals surface area contributed by atoms with E-state index in [-0.39, 0.29) is 5.97 Å². The van der Waals surface area contributed by atoms with Crippen molar-refractivity contribution in [2.24, 2.45) is 0 Å². The maximum absolute atomic E-state index is 11.7. The fourth-order valence-electron chi connectivity index (χ4n) is 3.11. The van der Waals surface area contributed by atoms with Crippen LogP contribution in [-0.4, -0.2) is 13.1 Å². The molecular weight excluding hydrogens is 300 g/mol. The van der Waals surface area contributed by atoms with E-state index in [0.717, 1.165) is 22.4 Å². The molecule has 0 aliphatic heterocycles. The molecule has 2 aromatic carbocycles. The minimum absolute atomic E-state index is 0.212. The first kappa shape index (κ1) is 16.6. The number of carbonyl (C=O) groups excluding carboxylic acids is 1. The minimum Gasteiger partial charge on any atom is -0.489 e. The average molecular weight is 324 g/mol. The highest BCUT2D eigenvalue weighted by molar-refractivity contribution is 5.73. The van der Waals surface area contributed by atoms with Crippen molar-refractivity contribution in [1.29, 1.82) is 0 Å². The number of hydrogen-bond acceptors (Lipinski definition) is 3. The number of hydrogen-bond donors (Lipinski definition) is 0. The van der Waals surface area contributed by atoms with Crippen molar-refractivity contribution in [2.75, 3.05) is 7.11 Å². The van der Waals surface area contributed by atoms with E-state index in [1.54, 1.807) is 0 Å². The summed E-state index contributed by atoms with van der Waals surface area (Å²) in [6.07, 6.45) is 2.74. The molecule has 0 aromatic heterocycles. The van der Waals surface area contributed by atoms with E-state index in [2.05, 4.69) is 32.0 Å². The summed E-state index contributed by atoms with van der Waals surface area (Å²) in [5, 5.41) is 0. The summed E-state index contributed by atoms with van der Waals surface area (Å²) in [5.41, 5.74) is 5.83. The predicted molar refractivity (Wildman–Crippen MR) is 94.4 cm³/mol. The highest BCUT2D eigenvalue weighted by Gasteiger charge is 2.27. The molecule has 0 atom stereocenters. The van der Waals surface area contributed by atoms with Gasteiger partial charge in [0.1, 0.15) is 12.4 Å². The molecule has 0 spiro atoms. The second-order valence-corrected chi connectivity index (χ2v) is 6.57. The predicted octanol–water partition coefficient (Wildman–Crippen LogP) is 4.48. The first-order valence-corrected chi connectivity index (χ1v) is 8.46. The molecule has 1 saturated carbocycles. The van der Waals surface area contributed by atoms with Gasteiger partial charge < -0.3 is 9.47 Å². The standard InChI is InChI=1S/C21H24O3/c1-14-7-10-20(15(2)11-14)24-13-19-17(12-21(22)23-3)5-4-6-18(19)16-8-9-16/h4-7,10-11,16H,8-9,12-13H2,1-3H3. The maximum atomic E-state index is 11.7. The van der Waals surface area contributed by atoms with E-state index in [4.69, 9.17) is 9.47 Å². The van der Waals surface area contributed by atoms with E-state index in [1.165, 1.54) is 31.1 Å². The van der Waals surface area contributed by atoms with E-state index >= 15 is 0 Å². The SMILES string of the molecule is COC(=O)Cc1cccc(C2CC2)c1COc1ccc(C)cc1C. The highest BCUT2D eigenvalue weighted by Crippen LogP contribution is 2.42. The third kappa shape index (κ3) is 3.78. The number of esters is 1. The van der Waals surface area contributed by atoms with Gasteiger partial charge in [-0.15, -0.1) is 0 Å². The summed E-state index contributed by atoms with van der Waals surface area (Å²) in [5.74, 6) is 1.30. The van der Waals surface area contributed by atoms with Crippen LogP contribution in [0.25, 0.3) is 0 Å². The van der Waals surface area contributed by atoms with Crippen LogP contribution in [0.2, 0.25) is 0 Å². The van der Waals surface area contributed by atoms with Gasteiger partial charge in [-0.1, -0.05) is 35.9 Å². The number of ether oxygens (including phenoxy) is 2. The summed E-state index contributed by atoms with van der Waals surface area (Å²) < 4.78 is 10.9. The molecule has 1 aliphatic carbocycles. The van der Waals surface area contributed by atoms with Gasteiger partial charge >= 0.3 is 5.97 Å². The first-order valence-electron chi connectivity index (χ1n) is 8.46. The molecule has 2 aromatic rings. The van der Waals surface area contributed by atoms with Gasteiger partial charge in [-0.05, 0) is 60.9 Å². The van der Waals surface area contributed by atoms with Gasteiger partial charge in [0, 0.05) is 0 Å². The number of methoxy groups -OCH3 is 1. The van der Waals surface area contributed by atoms with Crippen molar-refractivity contribution in [2.45, 2.75) is 45.6 Å². The molecule has 0 N–H and O–H groups in total. The zero-order valence-electron chi connectivity index (χ0n) is 14.6. The molecule has 0 amide bonds. The van der Waals surface area contributed by atoms with Crippen molar-refractivity contribution >= 4 is 5.97 Å². The molecule has 0 bridgehead atoms. The Labute approximate surface area is 143 Å². The summed E-state index contributed by atoms with van der Waals surface area (Å²) >= 11 is 0. The van der Waals surface area contributed by atoms with Crippen molar-refractivity contribution in [3.63, 3.8) is 0 Å². The van der Waals surface area contributed by atoms with Crippen LogP contribution in [0.3, 0.4) is 0 Å². The second kappa shape index (κ2) is 7.08. The number of aryl methyl sites for hydroxylation is 2. The fourth-order valence-corrected chi connectivity index (χ4v) is 3.11. The van der Waals surface area contributed by atoms with Crippen molar-refractivity contribution in [3.8, 4) is 5.75 Å². The quantitative estimate of drug-likeness (QED) is 0.735. The average Bonchev–Trinajstić information content (AvgIpc) is 3.39. The Bertz CT molecular complexity index is 745. The van der Waals surface area contributed by atoms with Gasteiger partial charge in [-0.25, -0.2) is 0 Å². The molecule has 3 rings (SSSR count).